The number of nitrogens with one attached hydrogen (secondary N) is 1. The predicted molar refractivity (Wildman–Crippen MR) is 101 cm³/mol. The molecule has 1 N–H and O–H groups in total. The normalized spacial score (nSPS) is 29.6. The zero-order valence-electron chi connectivity index (χ0n) is 16.4. The Bertz CT molecular complexity index is 601. The van der Waals surface area contributed by atoms with Crippen molar-refractivity contribution in [3.63, 3.8) is 0 Å². The van der Waals surface area contributed by atoms with E-state index < -0.39 is 12.1 Å². The summed E-state index contributed by atoms with van der Waals surface area (Å²) in [6, 6.07) is -1.26. The van der Waals surface area contributed by atoms with E-state index in [0.29, 0.717) is 51.6 Å². The van der Waals surface area contributed by atoms with Crippen LogP contribution in [-0.4, -0.2) is 85.2 Å². The molecule has 0 spiro atoms. The van der Waals surface area contributed by atoms with Crippen LogP contribution >= 0.6 is 0 Å². The van der Waals surface area contributed by atoms with Gasteiger partial charge in [0.05, 0.1) is 19.3 Å². The molecule has 4 rings (SSSR count). The fourth-order valence-electron chi connectivity index (χ4n) is 5.03. The molecule has 4 aliphatic rings. The molecule has 0 bridgehead atoms. The molecule has 4 fully saturated rings. The molecule has 28 heavy (non-hydrogen) atoms. The minimum Gasteiger partial charge on any atom is -0.378 e. The molecule has 0 radical (unpaired) electrons. The second-order valence-corrected chi connectivity index (χ2v) is 8.42. The van der Waals surface area contributed by atoms with E-state index in [0.717, 1.165) is 12.8 Å². The van der Waals surface area contributed by atoms with Crippen LogP contribution in [0.25, 0.3) is 0 Å². The van der Waals surface area contributed by atoms with Gasteiger partial charge in [0, 0.05) is 19.6 Å². The number of rotatable bonds is 4. The number of hydrogen-bond acceptors (Lipinski definition) is 5. The zero-order chi connectivity index (χ0) is 19.5. The van der Waals surface area contributed by atoms with Crippen LogP contribution in [-0.2, 0) is 19.1 Å². The van der Waals surface area contributed by atoms with Gasteiger partial charge in [-0.15, -0.1) is 0 Å². The number of urea groups is 1. The molecule has 8 heteroatoms. The maximum absolute atomic E-state index is 13.4. The molecule has 8 nitrogen and oxygen atoms in total. The lowest BCUT2D eigenvalue weighted by molar-refractivity contribution is -0.138. The van der Waals surface area contributed by atoms with Gasteiger partial charge in [-0.25, -0.2) is 4.79 Å². The van der Waals surface area contributed by atoms with E-state index >= 15 is 0 Å². The molecule has 3 atom stereocenters. The number of hydrogen-bond donors (Lipinski definition) is 1. The third-order valence-electron chi connectivity index (χ3n) is 6.58. The number of likely N-dealkylation sites (tertiary alicyclic amines) is 1. The monoisotopic (exact) mass is 393 g/mol. The lowest BCUT2D eigenvalue weighted by Gasteiger charge is -2.33. The van der Waals surface area contributed by atoms with E-state index in [1.54, 1.807) is 9.80 Å². The Kier molecular flexibility index (Phi) is 6.16. The van der Waals surface area contributed by atoms with Crippen LogP contribution in [0.4, 0.5) is 4.79 Å². The molecule has 0 unspecified atom stereocenters. The first-order valence-corrected chi connectivity index (χ1v) is 10.7. The van der Waals surface area contributed by atoms with Crippen molar-refractivity contribution in [2.45, 2.75) is 63.1 Å². The highest BCUT2D eigenvalue weighted by molar-refractivity contribution is 5.95. The summed E-state index contributed by atoms with van der Waals surface area (Å²) in [4.78, 5) is 41.7. The molecule has 3 amide bonds. The maximum atomic E-state index is 13.4. The van der Waals surface area contributed by atoms with Gasteiger partial charge in [-0.1, -0.05) is 32.1 Å². The fraction of sp³-hybridized carbons (Fsp3) is 0.850. The molecular weight excluding hydrogens is 362 g/mol. The van der Waals surface area contributed by atoms with E-state index in [1.807, 2.05) is 0 Å². The highest BCUT2D eigenvalue weighted by atomic mass is 16.5. The van der Waals surface area contributed by atoms with Gasteiger partial charge in [-0.3, -0.25) is 9.59 Å². The number of carbonyl (C=O) groups is 3. The number of ether oxygens (including phenoxy) is 2. The Labute approximate surface area is 165 Å². The predicted octanol–water partition coefficient (Wildman–Crippen LogP) is 0.936. The topological polar surface area (TPSA) is 88.2 Å². The van der Waals surface area contributed by atoms with Crippen molar-refractivity contribution in [3.8, 4) is 0 Å². The zero-order valence-corrected chi connectivity index (χ0v) is 16.4. The summed E-state index contributed by atoms with van der Waals surface area (Å²) >= 11 is 0. The Morgan fingerprint density at radius 1 is 1.07 bits per heavy atom. The van der Waals surface area contributed by atoms with Gasteiger partial charge in [-0.2, -0.15) is 0 Å². The average molecular weight is 393 g/mol. The second-order valence-electron chi connectivity index (χ2n) is 8.42. The van der Waals surface area contributed by atoms with Gasteiger partial charge in [0.1, 0.15) is 18.7 Å². The number of nitrogens with zero attached hydrogens (tertiary/aromatic N) is 2. The van der Waals surface area contributed by atoms with E-state index in [4.69, 9.17) is 9.47 Å². The largest absolute Gasteiger partial charge is 0.378 e. The molecule has 3 heterocycles. The molecule has 0 aromatic carbocycles. The summed E-state index contributed by atoms with van der Waals surface area (Å²) in [7, 11) is 0. The first-order chi connectivity index (χ1) is 13.6. The maximum Gasteiger partial charge on any atom is 0.318 e. The van der Waals surface area contributed by atoms with E-state index in [1.165, 1.54) is 19.3 Å². The highest BCUT2D eigenvalue weighted by Crippen LogP contribution is 2.31. The quantitative estimate of drug-likeness (QED) is 0.768. The second kappa shape index (κ2) is 8.78. The van der Waals surface area contributed by atoms with Crippen LogP contribution in [0.3, 0.4) is 0 Å². The Balaban J connectivity index is 1.45. The van der Waals surface area contributed by atoms with Crippen molar-refractivity contribution in [1.29, 1.82) is 0 Å². The van der Waals surface area contributed by atoms with Crippen LogP contribution in [0, 0.1) is 5.92 Å². The lowest BCUT2D eigenvalue weighted by atomic mass is 9.84. The van der Waals surface area contributed by atoms with Crippen LogP contribution in [0.5, 0.6) is 0 Å². The minimum absolute atomic E-state index is 0.0215. The molecule has 3 saturated heterocycles. The summed E-state index contributed by atoms with van der Waals surface area (Å²) in [5.74, 6) is 0.298. The van der Waals surface area contributed by atoms with E-state index in [9.17, 15) is 14.4 Å². The molecule has 156 valence electrons. The van der Waals surface area contributed by atoms with Crippen LogP contribution in [0.15, 0.2) is 0 Å². The number of carbonyl (C=O) groups excluding carboxylic acids is 3. The summed E-state index contributed by atoms with van der Waals surface area (Å²) in [6.45, 7) is 2.74. The molecule has 0 aromatic heterocycles. The summed E-state index contributed by atoms with van der Waals surface area (Å²) in [5.41, 5.74) is 0. The molecular formula is C20H31N3O5. The van der Waals surface area contributed by atoms with Crippen molar-refractivity contribution in [3.05, 3.63) is 0 Å². The molecule has 3 aliphatic heterocycles. The molecule has 1 saturated carbocycles. The van der Waals surface area contributed by atoms with Crippen molar-refractivity contribution in [2.24, 2.45) is 5.92 Å². The standard InChI is InChI=1S/C20H31N3O5/c24-16-13-28-17-6-7-23(18(16)17)19(25)15(12-14-4-2-1-3-5-14)21-20(26)22-8-10-27-11-9-22/h14-15,17-18H,1-13H2,(H,21,26)/t15-,17+,18+/m0/s1. The van der Waals surface area contributed by atoms with Crippen LogP contribution in [0.1, 0.15) is 44.9 Å². The average Bonchev–Trinajstić information content (AvgIpc) is 3.31. The number of ketones is 1. The highest BCUT2D eigenvalue weighted by Gasteiger charge is 2.48. The van der Waals surface area contributed by atoms with Gasteiger partial charge in [-0.05, 0) is 18.8 Å². The van der Waals surface area contributed by atoms with Crippen molar-refractivity contribution >= 4 is 17.7 Å². The summed E-state index contributed by atoms with van der Waals surface area (Å²) in [5, 5.41) is 2.99. The van der Waals surface area contributed by atoms with E-state index in [-0.39, 0.29) is 30.4 Å². The summed E-state index contributed by atoms with van der Waals surface area (Å²) in [6.07, 6.45) is 6.98. The third kappa shape index (κ3) is 4.17. The molecule has 0 aromatic rings. The number of fused-ring (bicyclic) bond motifs is 1. The molecule has 1 aliphatic carbocycles. The number of morpholine rings is 1. The first kappa shape index (κ1) is 19.6. The number of amides is 3. The smallest absolute Gasteiger partial charge is 0.318 e. The minimum atomic E-state index is -0.578. The Hall–Kier alpha value is -1.67. The third-order valence-corrected chi connectivity index (χ3v) is 6.58. The van der Waals surface area contributed by atoms with Gasteiger partial charge in [0.15, 0.2) is 5.78 Å². The Morgan fingerprint density at radius 2 is 1.82 bits per heavy atom. The lowest BCUT2D eigenvalue weighted by Crippen LogP contribution is -2.56. The van der Waals surface area contributed by atoms with Gasteiger partial charge in [0.25, 0.3) is 0 Å². The van der Waals surface area contributed by atoms with Gasteiger partial charge >= 0.3 is 6.03 Å². The van der Waals surface area contributed by atoms with Crippen molar-refractivity contribution in [1.82, 2.24) is 15.1 Å². The number of Topliss-reactive ketones (excluding diaryl/α,β-unsaturated/α-hetero) is 1. The van der Waals surface area contributed by atoms with Gasteiger partial charge < -0.3 is 24.6 Å². The Morgan fingerprint density at radius 3 is 2.57 bits per heavy atom. The fourth-order valence-corrected chi connectivity index (χ4v) is 5.03. The van der Waals surface area contributed by atoms with E-state index in [2.05, 4.69) is 5.32 Å². The van der Waals surface area contributed by atoms with Crippen LogP contribution in [0.2, 0.25) is 0 Å². The van der Waals surface area contributed by atoms with Crippen molar-refractivity contribution in [2.75, 3.05) is 39.5 Å². The van der Waals surface area contributed by atoms with Crippen LogP contribution < -0.4 is 5.32 Å². The SMILES string of the molecule is O=C1CO[C@@H]2CCN(C(=O)[C@H](CC3CCCCC3)NC(=O)N3CCOCC3)[C@H]12. The van der Waals surface area contributed by atoms with Crippen molar-refractivity contribution < 1.29 is 23.9 Å². The van der Waals surface area contributed by atoms with Gasteiger partial charge in [0.2, 0.25) is 5.91 Å². The first-order valence-electron chi connectivity index (χ1n) is 10.7. The summed E-state index contributed by atoms with van der Waals surface area (Å²) < 4.78 is 10.8.